The number of para-hydroxylation sites is 4. The molecular formula is C39H29NO. The van der Waals surface area contributed by atoms with Gasteiger partial charge in [-0.15, -0.1) is 0 Å². The SMILES string of the molecule is CC1(C)c2ccccc2Oc2ccc(-c3cccc(-c4cccc5c6ccccc6n(-c6ccccc6)c45)c3)cc21. The molecule has 1 aliphatic heterocycles. The van der Waals surface area contributed by atoms with Crippen molar-refractivity contribution in [3.63, 3.8) is 0 Å². The topological polar surface area (TPSA) is 14.2 Å². The summed E-state index contributed by atoms with van der Waals surface area (Å²) in [6, 6.07) is 50.0. The summed E-state index contributed by atoms with van der Waals surface area (Å²) in [6.07, 6.45) is 0. The van der Waals surface area contributed by atoms with Gasteiger partial charge in [-0.2, -0.15) is 0 Å². The molecule has 0 bridgehead atoms. The molecule has 0 N–H and O–H groups in total. The van der Waals surface area contributed by atoms with Gasteiger partial charge in [-0.3, -0.25) is 0 Å². The van der Waals surface area contributed by atoms with Crippen LogP contribution in [-0.4, -0.2) is 4.57 Å². The highest BCUT2D eigenvalue weighted by Crippen LogP contribution is 2.49. The average molecular weight is 528 g/mol. The Morgan fingerprint density at radius 1 is 0.512 bits per heavy atom. The predicted molar refractivity (Wildman–Crippen MR) is 170 cm³/mol. The van der Waals surface area contributed by atoms with E-state index in [1.807, 2.05) is 6.07 Å². The van der Waals surface area contributed by atoms with E-state index in [2.05, 4.69) is 152 Å². The van der Waals surface area contributed by atoms with E-state index in [-0.39, 0.29) is 5.41 Å². The second kappa shape index (κ2) is 8.97. The van der Waals surface area contributed by atoms with Crippen molar-refractivity contribution >= 4 is 21.8 Å². The van der Waals surface area contributed by atoms with Crippen molar-refractivity contribution in [2.24, 2.45) is 0 Å². The van der Waals surface area contributed by atoms with Crippen LogP contribution < -0.4 is 4.74 Å². The molecule has 0 aliphatic carbocycles. The quantitative estimate of drug-likeness (QED) is 0.223. The standard InChI is InChI=1S/C39H29NO/c1-39(2)33-19-7-9-21-36(33)41-37-23-22-27(25-34(37)39)26-12-10-13-28(24-26)30-17-11-18-32-31-16-6-8-20-35(31)40(38(30)32)29-14-4-3-5-15-29/h3-25H,1-2H3. The highest BCUT2D eigenvalue weighted by molar-refractivity contribution is 6.13. The Hall–Kier alpha value is -5.08. The van der Waals surface area contributed by atoms with Crippen molar-refractivity contribution in [3.05, 3.63) is 151 Å². The minimum atomic E-state index is -0.153. The van der Waals surface area contributed by atoms with E-state index in [0.717, 1.165) is 11.5 Å². The summed E-state index contributed by atoms with van der Waals surface area (Å²) in [7, 11) is 0. The maximum absolute atomic E-state index is 6.33. The Morgan fingerprint density at radius 2 is 1.20 bits per heavy atom. The van der Waals surface area contributed by atoms with Crippen molar-refractivity contribution in [3.8, 4) is 39.4 Å². The van der Waals surface area contributed by atoms with Crippen LogP contribution in [0.4, 0.5) is 0 Å². The molecule has 2 heteroatoms. The number of rotatable bonds is 3. The Labute approximate surface area is 240 Å². The molecule has 41 heavy (non-hydrogen) atoms. The Morgan fingerprint density at radius 3 is 2.10 bits per heavy atom. The van der Waals surface area contributed by atoms with E-state index in [9.17, 15) is 0 Å². The number of hydrogen-bond donors (Lipinski definition) is 0. The number of benzene rings is 6. The molecule has 0 saturated heterocycles. The highest BCUT2D eigenvalue weighted by atomic mass is 16.5. The number of fused-ring (bicyclic) bond motifs is 5. The van der Waals surface area contributed by atoms with E-state index in [0.29, 0.717) is 0 Å². The van der Waals surface area contributed by atoms with Gasteiger partial charge in [-0.25, -0.2) is 0 Å². The van der Waals surface area contributed by atoms with Crippen LogP contribution in [0.2, 0.25) is 0 Å². The first-order valence-corrected chi connectivity index (χ1v) is 14.2. The van der Waals surface area contributed by atoms with Crippen LogP contribution in [0.1, 0.15) is 25.0 Å². The Balaban J connectivity index is 1.30. The first kappa shape index (κ1) is 23.8. The van der Waals surface area contributed by atoms with Gasteiger partial charge in [0, 0.05) is 38.6 Å². The van der Waals surface area contributed by atoms with Crippen molar-refractivity contribution < 1.29 is 4.74 Å². The molecule has 8 rings (SSSR count). The lowest BCUT2D eigenvalue weighted by Gasteiger charge is -2.34. The average Bonchev–Trinajstić information content (AvgIpc) is 3.36. The van der Waals surface area contributed by atoms with Crippen molar-refractivity contribution in [2.75, 3.05) is 0 Å². The van der Waals surface area contributed by atoms with Crippen LogP contribution in [-0.2, 0) is 5.41 Å². The Kier molecular flexibility index (Phi) is 5.20. The van der Waals surface area contributed by atoms with E-state index in [1.165, 1.54) is 60.9 Å². The summed E-state index contributed by atoms with van der Waals surface area (Å²) >= 11 is 0. The fourth-order valence-electron chi connectivity index (χ4n) is 6.59. The van der Waals surface area contributed by atoms with E-state index in [4.69, 9.17) is 4.74 Å². The number of ether oxygens (including phenoxy) is 1. The summed E-state index contributed by atoms with van der Waals surface area (Å²) in [5.41, 5.74) is 10.7. The molecule has 2 heterocycles. The van der Waals surface area contributed by atoms with Crippen LogP contribution in [0.5, 0.6) is 11.5 Å². The van der Waals surface area contributed by atoms with Gasteiger partial charge in [0.2, 0.25) is 0 Å². The summed E-state index contributed by atoms with van der Waals surface area (Å²) in [5.74, 6) is 1.88. The maximum Gasteiger partial charge on any atom is 0.131 e. The molecule has 0 amide bonds. The monoisotopic (exact) mass is 527 g/mol. The molecule has 196 valence electrons. The fourth-order valence-corrected chi connectivity index (χ4v) is 6.59. The third-order valence-corrected chi connectivity index (χ3v) is 8.65. The second-order valence-corrected chi connectivity index (χ2v) is 11.4. The van der Waals surface area contributed by atoms with Crippen LogP contribution in [0, 0.1) is 0 Å². The maximum atomic E-state index is 6.33. The lowest BCUT2D eigenvalue weighted by Crippen LogP contribution is -2.24. The van der Waals surface area contributed by atoms with E-state index < -0.39 is 0 Å². The summed E-state index contributed by atoms with van der Waals surface area (Å²) < 4.78 is 8.73. The molecule has 0 fully saturated rings. The van der Waals surface area contributed by atoms with Crippen molar-refractivity contribution in [1.29, 1.82) is 0 Å². The smallest absolute Gasteiger partial charge is 0.131 e. The largest absolute Gasteiger partial charge is 0.457 e. The molecule has 1 aromatic heterocycles. The number of nitrogens with zero attached hydrogens (tertiary/aromatic N) is 1. The molecule has 0 radical (unpaired) electrons. The van der Waals surface area contributed by atoms with Crippen molar-refractivity contribution in [2.45, 2.75) is 19.3 Å². The lowest BCUT2D eigenvalue weighted by molar-refractivity contribution is 0.418. The van der Waals surface area contributed by atoms with E-state index >= 15 is 0 Å². The lowest BCUT2D eigenvalue weighted by atomic mass is 9.75. The minimum Gasteiger partial charge on any atom is -0.457 e. The van der Waals surface area contributed by atoms with Crippen molar-refractivity contribution in [1.82, 2.24) is 4.57 Å². The molecule has 2 nitrogen and oxygen atoms in total. The molecule has 0 spiro atoms. The zero-order chi connectivity index (χ0) is 27.6. The van der Waals surface area contributed by atoms with Gasteiger partial charge in [0.1, 0.15) is 11.5 Å². The molecule has 0 atom stereocenters. The zero-order valence-corrected chi connectivity index (χ0v) is 23.1. The van der Waals surface area contributed by atoms with Gasteiger partial charge >= 0.3 is 0 Å². The van der Waals surface area contributed by atoms with Gasteiger partial charge in [0.05, 0.1) is 11.0 Å². The van der Waals surface area contributed by atoms with Crippen LogP contribution >= 0.6 is 0 Å². The highest BCUT2D eigenvalue weighted by Gasteiger charge is 2.34. The van der Waals surface area contributed by atoms with Gasteiger partial charge in [0.25, 0.3) is 0 Å². The first-order chi connectivity index (χ1) is 20.1. The van der Waals surface area contributed by atoms with Gasteiger partial charge in [0.15, 0.2) is 0 Å². The summed E-state index contributed by atoms with van der Waals surface area (Å²) in [5, 5.41) is 2.53. The third kappa shape index (κ3) is 3.64. The third-order valence-electron chi connectivity index (χ3n) is 8.65. The molecule has 1 aliphatic rings. The van der Waals surface area contributed by atoms with Crippen LogP contribution in [0.15, 0.2) is 140 Å². The van der Waals surface area contributed by atoms with E-state index in [1.54, 1.807) is 0 Å². The molecule has 7 aromatic rings. The number of aromatic nitrogens is 1. The minimum absolute atomic E-state index is 0.153. The summed E-state index contributed by atoms with van der Waals surface area (Å²) in [6.45, 7) is 4.58. The molecule has 6 aromatic carbocycles. The zero-order valence-electron chi connectivity index (χ0n) is 23.1. The molecule has 0 saturated carbocycles. The van der Waals surface area contributed by atoms with Gasteiger partial charge in [-0.05, 0) is 59.2 Å². The normalized spacial score (nSPS) is 13.5. The molecule has 0 unspecified atom stereocenters. The van der Waals surface area contributed by atoms with Gasteiger partial charge < -0.3 is 9.30 Å². The first-order valence-electron chi connectivity index (χ1n) is 14.2. The molecular weight excluding hydrogens is 498 g/mol. The fraction of sp³-hybridized carbons (Fsp3) is 0.0769. The Bertz CT molecular complexity index is 2100. The number of hydrogen-bond acceptors (Lipinski definition) is 1. The summed E-state index contributed by atoms with van der Waals surface area (Å²) in [4.78, 5) is 0. The van der Waals surface area contributed by atoms with Crippen LogP contribution in [0.25, 0.3) is 49.7 Å². The van der Waals surface area contributed by atoms with Crippen LogP contribution in [0.3, 0.4) is 0 Å². The second-order valence-electron chi connectivity index (χ2n) is 11.4. The van der Waals surface area contributed by atoms with Gasteiger partial charge in [-0.1, -0.05) is 111 Å². The predicted octanol–water partition coefficient (Wildman–Crippen LogP) is 10.5.